The third-order valence-electron chi connectivity index (χ3n) is 2.38. The van der Waals surface area contributed by atoms with Gasteiger partial charge in [-0.15, -0.1) is 0 Å². The van der Waals surface area contributed by atoms with Crippen LogP contribution >= 0.6 is 27.5 Å². The lowest BCUT2D eigenvalue weighted by Crippen LogP contribution is -2.02. The zero-order valence-corrected chi connectivity index (χ0v) is 11.5. The highest BCUT2D eigenvalue weighted by Crippen LogP contribution is 2.24. The third-order valence-corrected chi connectivity index (χ3v) is 3.22. The molecule has 0 spiro atoms. The molecular formula is C13H9BrClF2N. The summed E-state index contributed by atoms with van der Waals surface area (Å²) in [7, 11) is 0. The average molecular weight is 333 g/mol. The van der Waals surface area contributed by atoms with Gasteiger partial charge in [0, 0.05) is 17.6 Å². The van der Waals surface area contributed by atoms with Crippen LogP contribution in [0.5, 0.6) is 0 Å². The lowest BCUT2D eigenvalue weighted by Gasteiger charge is -2.09. The molecule has 2 aromatic carbocycles. The minimum absolute atomic E-state index is 0.220. The summed E-state index contributed by atoms with van der Waals surface area (Å²) in [4.78, 5) is 0. The lowest BCUT2D eigenvalue weighted by atomic mass is 10.2. The smallest absolute Gasteiger partial charge is 0.149 e. The first kappa shape index (κ1) is 13.3. The summed E-state index contributed by atoms with van der Waals surface area (Å²) in [5.74, 6) is -1.25. The van der Waals surface area contributed by atoms with Crippen LogP contribution in [0.25, 0.3) is 0 Å². The van der Waals surface area contributed by atoms with E-state index in [4.69, 9.17) is 11.6 Å². The van der Waals surface area contributed by atoms with Crippen molar-refractivity contribution in [1.29, 1.82) is 0 Å². The molecule has 0 aromatic heterocycles. The van der Waals surface area contributed by atoms with Crippen LogP contribution in [0.3, 0.4) is 0 Å². The summed E-state index contributed by atoms with van der Waals surface area (Å²) >= 11 is 8.86. The van der Waals surface area contributed by atoms with E-state index >= 15 is 0 Å². The minimum atomic E-state index is -0.627. The lowest BCUT2D eigenvalue weighted by molar-refractivity contribution is 0.580. The van der Waals surface area contributed by atoms with Crippen molar-refractivity contribution in [2.75, 3.05) is 5.32 Å². The van der Waals surface area contributed by atoms with Crippen molar-refractivity contribution in [2.24, 2.45) is 0 Å². The highest BCUT2D eigenvalue weighted by Gasteiger charge is 2.07. The fourth-order valence-electron chi connectivity index (χ4n) is 1.50. The Balaban J connectivity index is 2.13. The zero-order valence-electron chi connectivity index (χ0n) is 9.18. The Kier molecular flexibility index (Phi) is 4.19. The van der Waals surface area contributed by atoms with E-state index < -0.39 is 11.6 Å². The molecule has 0 unspecified atom stereocenters. The molecule has 0 atom stereocenters. The summed E-state index contributed by atoms with van der Waals surface area (Å²) in [6.45, 7) is 0.412. The maximum absolute atomic E-state index is 13.5. The fraction of sp³-hybridized carbons (Fsp3) is 0.0769. The Bertz CT molecular complexity index is 575. The van der Waals surface area contributed by atoms with Gasteiger partial charge < -0.3 is 5.32 Å². The van der Waals surface area contributed by atoms with Crippen molar-refractivity contribution >= 4 is 33.2 Å². The molecule has 0 saturated heterocycles. The van der Waals surface area contributed by atoms with Crippen molar-refractivity contribution in [3.05, 3.63) is 63.1 Å². The topological polar surface area (TPSA) is 12.0 Å². The van der Waals surface area contributed by atoms with Crippen LogP contribution in [0.4, 0.5) is 14.5 Å². The molecule has 0 radical (unpaired) electrons. The van der Waals surface area contributed by atoms with E-state index in [-0.39, 0.29) is 10.2 Å². The number of rotatable bonds is 3. The maximum atomic E-state index is 13.5. The van der Waals surface area contributed by atoms with Gasteiger partial charge in [0.05, 0.1) is 10.2 Å². The van der Waals surface area contributed by atoms with Crippen LogP contribution in [-0.4, -0.2) is 0 Å². The number of hydrogen-bond acceptors (Lipinski definition) is 1. The first-order valence-corrected chi connectivity index (χ1v) is 6.36. The monoisotopic (exact) mass is 331 g/mol. The quantitative estimate of drug-likeness (QED) is 0.781. The van der Waals surface area contributed by atoms with E-state index in [1.165, 1.54) is 6.07 Å². The van der Waals surface area contributed by atoms with Gasteiger partial charge in [0.25, 0.3) is 0 Å². The number of anilines is 1. The molecule has 0 fully saturated rings. The van der Waals surface area contributed by atoms with Gasteiger partial charge in [0.15, 0.2) is 0 Å². The molecule has 1 N–H and O–H groups in total. The molecule has 18 heavy (non-hydrogen) atoms. The SMILES string of the molecule is Fc1cc(F)c(NCc2cccc(Cl)c2)cc1Br. The predicted octanol–water partition coefficient (Wildman–Crippen LogP) is 4.99. The second-order valence-electron chi connectivity index (χ2n) is 3.73. The normalized spacial score (nSPS) is 10.4. The highest BCUT2D eigenvalue weighted by molar-refractivity contribution is 9.10. The van der Waals surface area contributed by atoms with Crippen LogP contribution in [-0.2, 0) is 6.54 Å². The largest absolute Gasteiger partial charge is 0.379 e. The Hall–Kier alpha value is -1.13. The molecule has 0 aliphatic heterocycles. The summed E-state index contributed by atoms with van der Waals surface area (Å²) in [5.41, 5.74) is 1.16. The number of halogens is 4. The van der Waals surface area contributed by atoms with Crippen molar-refractivity contribution in [1.82, 2.24) is 0 Å². The third kappa shape index (κ3) is 3.21. The van der Waals surface area contributed by atoms with Gasteiger partial charge in [0.2, 0.25) is 0 Å². The van der Waals surface area contributed by atoms with Gasteiger partial charge in [-0.2, -0.15) is 0 Å². The summed E-state index contributed by atoms with van der Waals surface area (Å²) in [6, 6.07) is 9.44. The molecule has 0 amide bonds. The van der Waals surface area contributed by atoms with E-state index in [2.05, 4.69) is 21.2 Å². The van der Waals surface area contributed by atoms with Crippen molar-refractivity contribution in [3.8, 4) is 0 Å². The molecule has 0 heterocycles. The summed E-state index contributed by atoms with van der Waals surface area (Å²) in [5, 5.41) is 3.51. The molecule has 2 aromatic rings. The molecule has 2 rings (SSSR count). The number of nitrogens with one attached hydrogen (secondary N) is 1. The predicted molar refractivity (Wildman–Crippen MR) is 72.8 cm³/mol. The standard InChI is InChI=1S/C13H9BrClF2N/c14-10-5-13(12(17)6-11(10)16)18-7-8-2-1-3-9(15)4-8/h1-6,18H,7H2. The van der Waals surface area contributed by atoms with E-state index in [0.29, 0.717) is 11.6 Å². The van der Waals surface area contributed by atoms with Crippen LogP contribution in [0.1, 0.15) is 5.56 Å². The van der Waals surface area contributed by atoms with Crippen molar-refractivity contribution in [3.63, 3.8) is 0 Å². The molecule has 0 aliphatic rings. The second-order valence-corrected chi connectivity index (χ2v) is 5.02. The van der Waals surface area contributed by atoms with E-state index in [1.54, 1.807) is 12.1 Å². The Labute approximate surface area is 117 Å². The first-order chi connectivity index (χ1) is 8.56. The average Bonchev–Trinajstić information content (AvgIpc) is 2.32. The van der Waals surface area contributed by atoms with Crippen molar-refractivity contribution in [2.45, 2.75) is 6.54 Å². The van der Waals surface area contributed by atoms with Gasteiger partial charge in [-0.3, -0.25) is 0 Å². The zero-order chi connectivity index (χ0) is 13.1. The summed E-state index contributed by atoms with van der Waals surface area (Å²) < 4.78 is 26.7. The summed E-state index contributed by atoms with van der Waals surface area (Å²) in [6.07, 6.45) is 0. The maximum Gasteiger partial charge on any atom is 0.149 e. The molecular weight excluding hydrogens is 324 g/mol. The molecule has 0 aliphatic carbocycles. The first-order valence-electron chi connectivity index (χ1n) is 5.19. The van der Waals surface area contributed by atoms with Crippen LogP contribution in [0.15, 0.2) is 40.9 Å². The van der Waals surface area contributed by atoms with Crippen molar-refractivity contribution < 1.29 is 8.78 Å². The fourth-order valence-corrected chi connectivity index (χ4v) is 2.06. The van der Waals surface area contributed by atoms with E-state index in [1.807, 2.05) is 12.1 Å². The van der Waals surface area contributed by atoms with Gasteiger partial charge in [0.1, 0.15) is 11.6 Å². The van der Waals surface area contributed by atoms with Gasteiger partial charge in [-0.05, 0) is 39.7 Å². The molecule has 0 bridgehead atoms. The molecule has 0 saturated carbocycles. The van der Waals surface area contributed by atoms with Gasteiger partial charge in [-0.25, -0.2) is 8.78 Å². The van der Waals surface area contributed by atoms with Gasteiger partial charge in [-0.1, -0.05) is 23.7 Å². The van der Waals surface area contributed by atoms with E-state index in [9.17, 15) is 8.78 Å². The second kappa shape index (κ2) is 5.67. The minimum Gasteiger partial charge on any atom is -0.379 e. The Morgan fingerprint density at radius 1 is 1.11 bits per heavy atom. The van der Waals surface area contributed by atoms with Crippen LogP contribution < -0.4 is 5.32 Å². The van der Waals surface area contributed by atoms with Gasteiger partial charge >= 0.3 is 0 Å². The Morgan fingerprint density at radius 2 is 1.89 bits per heavy atom. The van der Waals surface area contributed by atoms with Crippen LogP contribution in [0.2, 0.25) is 5.02 Å². The Morgan fingerprint density at radius 3 is 2.61 bits per heavy atom. The van der Waals surface area contributed by atoms with E-state index in [0.717, 1.165) is 11.6 Å². The molecule has 5 heteroatoms. The molecule has 1 nitrogen and oxygen atoms in total. The highest BCUT2D eigenvalue weighted by atomic mass is 79.9. The van der Waals surface area contributed by atoms with Crippen LogP contribution in [0, 0.1) is 11.6 Å². The number of benzene rings is 2. The number of hydrogen-bond donors (Lipinski definition) is 1. The molecule has 94 valence electrons.